The van der Waals surface area contributed by atoms with Crippen LogP contribution in [0, 0.1) is 6.92 Å². The van der Waals surface area contributed by atoms with Gasteiger partial charge in [-0.05, 0) is 31.0 Å². The van der Waals surface area contributed by atoms with Gasteiger partial charge in [-0.1, -0.05) is 71.9 Å². The third-order valence-electron chi connectivity index (χ3n) is 5.73. The maximum Gasteiger partial charge on any atom is 0.230 e. The number of rotatable bonds is 7. The van der Waals surface area contributed by atoms with Crippen molar-refractivity contribution >= 4 is 40.8 Å². The van der Waals surface area contributed by atoms with E-state index in [0.29, 0.717) is 10.3 Å². The maximum absolute atomic E-state index is 12.4. The van der Waals surface area contributed by atoms with Crippen molar-refractivity contribution in [2.45, 2.75) is 25.0 Å². The van der Waals surface area contributed by atoms with E-state index < -0.39 is 0 Å². The first-order chi connectivity index (χ1) is 16.0. The number of aryl methyl sites for hydroxylation is 1. The Morgan fingerprint density at radius 1 is 1.03 bits per heavy atom. The fourth-order valence-electron chi connectivity index (χ4n) is 3.94. The third-order valence-corrected chi connectivity index (χ3v) is 6.77. The second kappa shape index (κ2) is 10.9. The molecule has 8 heteroatoms. The summed E-state index contributed by atoms with van der Waals surface area (Å²) >= 11 is 7.59. The van der Waals surface area contributed by atoms with E-state index in [4.69, 9.17) is 11.6 Å². The van der Waals surface area contributed by atoms with Crippen LogP contribution in [0.1, 0.15) is 24.1 Å². The lowest BCUT2D eigenvalue weighted by molar-refractivity contribution is -0.119. The van der Waals surface area contributed by atoms with Crippen LogP contribution in [0.2, 0.25) is 5.15 Å². The molecule has 1 aliphatic rings. The van der Waals surface area contributed by atoms with E-state index in [1.807, 2.05) is 37.3 Å². The molecule has 0 bridgehead atoms. The van der Waals surface area contributed by atoms with Gasteiger partial charge < -0.3 is 15.1 Å². The Kier molecular flexibility index (Phi) is 7.73. The minimum absolute atomic E-state index is 0.0558. The summed E-state index contributed by atoms with van der Waals surface area (Å²) in [5, 5.41) is 3.93. The van der Waals surface area contributed by atoms with Crippen molar-refractivity contribution in [2.24, 2.45) is 0 Å². The van der Waals surface area contributed by atoms with Crippen LogP contribution in [0.5, 0.6) is 0 Å². The number of hydrogen-bond donors (Lipinski definition) is 1. The van der Waals surface area contributed by atoms with E-state index in [1.54, 1.807) is 6.07 Å². The summed E-state index contributed by atoms with van der Waals surface area (Å²) in [7, 11) is 0. The topological polar surface area (TPSA) is 61.4 Å². The summed E-state index contributed by atoms with van der Waals surface area (Å²) in [5.41, 5.74) is 3.64. The summed E-state index contributed by atoms with van der Waals surface area (Å²) < 4.78 is 0. The highest BCUT2D eigenvalue weighted by molar-refractivity contribution is 7.99. The van der Waals surface area contributed by atoms with E-state index in [-0.39, 0.29) is 17.7 Å². The van der Waals surface area contributed by atoms with Gasteiger partial charge in [-0.25, -0.2) is 9.97 Å². The van der Waals surface area contributed by atoms with Crippen molar-refractivity contribution in [1.29, 1.82) is 0 Å². The highest BCUT2D eigenvalue weighted by Crippen LogP contribution is 2.25. The minimum atomic E-state index is -0.0617. The second-order valence-electron chi connectivity index (χ2n) is 8.08. The van der Waals surface area contributed by atoms with Crippen LogP contribution in [0.4, 0.5) is 11.5 Å². The van der Waals surface area contributed by atoms with Crippen molar-refractivity contribution in [3.8, 4) is 0 Å². The Labute approximate surface area is 204 Å². The smallest absolute Gasteiger partial charge is 0.230 e. The number of nitrogens with one attached hydrogen (secondary N) is 1. The molecule has 1 unspecified atom stereocenters. The first kappa shape index (κ1) is 23.4. The van der Waals surface area contributed by atoms with Crippen LogP contribution in [-0.2, 0) is 4.79 Å². The van der Waals surface area contributed by atoms with E-state index in [9.17, 15) is 4.79 Å². The highest BCUT2D eigenvalue weighted by Gasteiger charge is 2.21. The van der Waals surface area contributed by atoms with Crippen LogP contribution in [-0.4, -0.2) is 47.8 Å². The number of aromatic nitrogens is 2. The predicted octanol–water partition coefficient (Wildman–Crippen LogP) is 4.73. The molecule has 33 heavy (non-hydrogen) atoms. The summed E-state index contributed by atoms with van der Waals surface area (Å²) in [6.45, 7) is 7.64. The van der Waals surface area contributed by atoms with Crippen LogP contribution < -0.4 is 15.1 Å². The molecule has 0 spiro atoms. The first-order valence-electron chi connectivity index (χ1n) is 11.1. The zero-order valence-corrected chi connectivity index (χ0v) is 20.4. The predicted molar refractivity (Wildman–Crippen MR) is 136 cm³/mol. The number of hydrogen-bond acceptors (Lipinski definition) is 6. The Morgan fingerprint density at radius 3 is 2.42 bits per heavy atom. The van der Waals surface area contributed by atoms with Crippen molar-refractivity contribution in [2.75, 3.05) is 41.7 Å². The number of carbonyl (C=O) groups excluding carboxylic acids is 1. The van der Waals surface area contributed by atoms with Crippen LogP contribution in [0.3, 0.4) is 0 Å². The Bertz CT molecular complexity index is 1090. The van der Waals surface area contributed by atoms with Gasteiger partial charge in [-0.2, -0.15) is 0 Å². The quantitative estimate of drug-likeness (QED) is 0.299. The fraction of sp³-hybridized carbons (Fsp3) is 0.320. The van der Waals surface area contributed by atoms with Gasteiger partial charge in [-0.3, -0.25) is 4.79 Å². The van der Waals surface area contributed by atoms with Gasteiger partial charge in [0.05, 0.1) is 11.8 Å². The number of benzene rings is 2. The van der Waals surface area contributed by atoms with E-state index in [1.165, 1.54) is 23.0 Å². The Balaban J connectivity index is 1.33. The van der Waals surface area contributed by atoms with Crippen LogP contribution >= 0.6 is 23.4 Å². The highest BCUT2D eigenvalue weighted by atomic mass is 35.5. The number of amides is 1. The lowest BCUT2D eigenvalue weighted by atomic mass is 10.1. The van der Waals surface area contributed by atoms with Crippen molar-refractivity contribution in [3.05, 3.63) is 76.9 Å². The second-order valence-corrected chi connectivity index (χ2v) is 9.41. The standard InChI is InChI=1S/C25H28ClN5OS/c1-18-8-6-7-11-21(18)30-12-14-31(15-13-30)23-16-22(26)28-25(29-23)33-17-24(32)27-19(2)20-9-4-3-5-10-20/h3-11,16,19H,12-15,17H2,1-2H3,(H,27,32). The van der Waals surface area contributed by atoms with E-state index >= 15 is 0 Å². The van der Waals surface area contributed by atoms with Gasteiger partial charge in [0.2, 0.25) is 5.91 Å². The number of halogens is 1. The molecule has 1 atom stereocenters. The molecule has 2 heterocycles. The average Bonchev–Trinajstić information content (AvgIpc) is 2.83. The van der Waals surface area contributed by atoms with E-state index in [2.05, 4.69) is 56.3 Å². The molecular weight excluding hydrogens is 454 g/mol. The third kappa shape index (κ3) is 6.18. The Hall–Kier alpha value is -2.77. The molecule has 1 aliphatic heterocycles. The van der Waals surface area contributed by atoms with Crippen molar-refractivity contribution in [1.82, 2.24) is 15.3 Å². The lowest BCUT2D eigenvalue weighted by Crippen LogP contribution is -2.47. The van der Waals surface area contributed by atoms with Gasteiger partial charge in [0.15, 0.2) is 5.16 Å². The molecule has 6 nitrogen and oxygen atoms in total. The number of piperazine rings is 1. The van der Waals surface area contributed by atoms with E-state index in [0.717, 1.165) is 37.6 Å². The minimum Gasteiger partial charge on any atom is -0.368 e. The summed E-state index contributed by atoms with van der Waals surface area (Å²) in [6.07, 6.45) is 0. The average molecular weight is 482 g/mol. The summed E-state index contributed by atoms with van der Waals surface area (Å²) in [6, 6.07) is 20.1. The zero-order chi connectivity index (χ0) is 23.2. The molecule has 0 radical (unpaired) electrons. The monoisotopic (exact) mass is 481 g/mol. The van der Waals surface area contributed by atoms with Crippen LogP contribution in [0.25, 0.3) is 0 Å². The molecule has 3 aromatic rings. The number of anilines is 2. The molecule has 2 aromatic carbocycles. The summed E-state index contributed by atoms with van der Waals surface area (Å²) in [5.74, 6) is 0.978. The maximum atomic E-state index is 12.4. The molecule has 4 rings (SSSR count). The molecule has 1 saturated heterocycles. The van der Waals surface area contributed by atoms with Crippen LogP contribution in [0.15, 0.2) is 65.8 Å². The Morgan fingerprint density at radius 2 is 1.70 bits per heavy atom. The fourth-order valence-corrected chi connectivity index (χ4v) is 4.84. The largest absolute Gasteiger partial charge is 0.368 e. The molecule has 1 fully saturated rings. The molecule has 0 saturated carbocycles. The molecule has 1 N–H and O–H groups in total. The molecule has 172 valence electrons. The molecule has 1 aromatic heterocycles. The first-order valence-corrected chi connectivity index (χ1v) is 12.4. The van der Waals surface area contributed by atoms with Crippen molar-refractivity contribution < 1.29 is 4.79 Å². The van der Waals surface area contributed by atoms with Gasteiger partial charge in [0, 0.05) is 37.9 Å². The number of carbonyl (C=O) groups is 1. The van der Waals surface area contributed by atoms with Gasteiger partial charge >= 0.3 is 0 Å². The summed E-state index contributed by atoms with van der Waals surface area (Å²) in [4.78, 5) is 26.1. The number of thioether (sulfide) groups is 1. The van der Waals surface area contributed by atoms with Gasteiger partial charge in [0.25, 0.3) is 0 Å². The number of nitrogens with zero attached hydrogens (tertiary/aromatic N) is 4. The lowest BCUT2D eigenvalue weighted by Gasteiger charge is -2.37. The zero-order valence-electron chi connectivity index (χ0n) is 18.9. The number of para-hydroxylation sites is 1. The van der Waals surface area contributed by atoms with Gasteiger partial charge in [-0.15, -0.1) is 0 Å². The molecule has 1 amide bonds. The SMILES string of the molecule is Cc1ccccc1N1CCN(c2cc(Cl)nc(SCC(=O)NC(C)c3ccccc3)n2)CC1. The molecule has 0 aliphatic carbocycles. The molecular formula is C25H28ClN5OS. The van der Waals surface area contributed by atoms with Gasteiger partial charge in [0.1, 0.15) is 11.0 Å². The van der Waals surface area contributed by atoms with Crippen molar-refractivity contribution in [3.63, 3.8) is 0 Å². The normalized spacial score (nSPS) is 14.8.